The van der Waals surface area contributed by atoms with E-state index in [4.69, 9.17) is 9.47 Å². The van der Waals surface area contributed by atoms with Gasteiger partial charge in [0.05, 0.1) is 27.0 Å². The van der Waals surface area contributed by atoms with Gasteiger partial charge in [-0.25, -0.2) is 13.2 Å². The summed E-state index contributed by atoms with van der Waals surface area (Å²) in [5.41, 5.74) is -1.88. The highest BCUT2D eigenvalue weighted by Crippen LogP contribution is 2.54. The number of carbonyl (C=O) groups excluding carboxylic acids is 1. The van der Waals surface area contributed by atoms with Crippen molar-refractivity contribution in [2.75, 3.05) is 12.4 Å². The smallest absolute Gasteiger partial charge is 0.419 e. The molecular formula is C19H22F3O6S-. The van der Waals surface area contributed by atoms with Gasteiger partial charge in [-0.3, -0.25) is 0 Å². The van der Waals surface area contributed by atoms with Gasteiger partial charge >= 0.3 is 12.1 Å². The third-order valence-corrected chi connectivity index (χ3v) is 6.59. The molecule has 0 saturated heterocycles. The zero-order chi connectivity index (χ0) is 21.4. The number of fused-ring (bicyclic) bond motifs is 2. The lowest BCUT2D eigenvalue weighted by Crippen LogP contribution is -2.41. The number of rotatable bonds is 7. The summed E-state index contributed by atoms with van der Waals surface area (Å²) in [6.07, 6.45) is -0.535. The van der Waals surface area contributed by atoms with Gasteiger partial charge in [0, 0.05) is 0 Å². The second-order valence-corrected chi connectivity index (χ2v) is 9.23. The maximum Gasteiger partial charge on any atom is 0.419 e. The molecule has 2 aliphatic rings. The third-order valence-electron chi connectivity index (χ3n) is 5.92. The number of benzene rings is 1. The van der Waals surface area contributed by atoms with E-state index >= 15 is 0 Å². The molecule has 3 rings (SSSR count). The van der Waals surface area contributed by atoms with Gasteiger partial charge < -0.3 is 14.0 Å². The minimum absolute atomic E-state index is 0.177. The van der Waals surface area contributed by atoms with E-state index < -0.39 is 51.5 Å². The molecule has 1 aromatic rings. The van der Waals surface area contributed by atoms with E-state index in [1.807, 2.05) is 6.92 Å². The Morgan fingerprint density at radius 1 is 1.31 bits per heavy atom. The maximum absolute atomic E-state index is 13.5. The molecule has 3 atom stereocenters. The highest BCUT2D eigenvalue weighted by molar-refractivity contribution is 7.85. The van der Waals surface area contributed by atoms with E-state index in [-0.39, 0.29) is 11.5 Å². The quantitative estimate of drug-likeness (QED) is 0.478. The normalized spacial score (nSPS) is 26.5. The van der Waals surface area contributed by atoms with Crippen LogP contribution in [-0.4, -0.2) is 36.9 Å². The average Bonchev–Trinajstić information content (AvgIpc) is 3.21. The highest BCUT2D eigenvalue weighted by Gasteiger charge is 2.52. The van der Waals surface area contributed by atoms with Gasteiger partial charge in [-0.2, -0.15) is 13.2 Å². The first kappa shape index (κ1) is 21.9. The first-order valence-electron chi connectivity index (χ1n) is 9.44. The molecule has 10 heteroatoms. The maximum atomic E-state index is 13.5. The van der Waals surface area contributed by atoms with Crippen LogP contribution < -0.4 is 4.74 Å². The lowest BCUT2D eigenvalue weighted by atomic mass is 9.82. The molecule has 0 radical (unpaired) electrons. The molecule has 29 heavy (non-hydrogen) atoms. The Labute approximate surface area is 167 Å². The lowest BCUT2D eigenvalue weighted by Gasteiger charge is -2.38. The van der Waals surface area contributed by atoms with Crippen molar-refractivity contribution in [2.45, 2.75) is 50.8 Å². The van der Waals surface area contributed by atoms with Crippen LogP contribution in [0, 0.1) is 11.8 Å². The Balaban J connectivity index is 1.86. The van der Waals surface area contributed by atoms with Crippen LogP contribution in [0.25, 0.3) is 0 Å². The van der Waals surface area contributed by atoms with Crippen LogP contribution in [0.1, 0.15) is 54.9 Å². The van der Waals surface area contributed by atoms with Crippen LogP contribution in [0.15, 0.2) is 18.2 Å². The molecule has 0 amide bonds. The summed E-state index contributed by atoms with van der Waals surface area (Å²) in [6.45, 7) is 1.21. The minimum Gasteiger partial charge on any atom is -0.748 e. The predicted octanol–water partition coefficient (Wildman–Crippen LogP) is 3.76. The van der Waals surface area contributed by atoms with Crippen molar-refractivity contribution in [3.63, 3.8) is 0 Å². The van der Waals surface area contributed by atoms with E-state index in [1.54, 1.807) is 0 Å². The van der Waals surface area contributed by atoms with E-state index in [0.29, 0.717) is 18.8 Å². The summed E-state index contributed by atoms with van der Waals surface area (Å²) < 4.78 is 83.0. The molecule has 0 aromatic heterocycles. The predicted molar refractivity (Wildman–Crippen MR) is 95.4 cm³/mol. The van der Waals surface area contributed by atoms with Gasteiger partial charge in [-0.05, 0) is 62.1 Å². The lowest BCUT2D eigenvalue weighted by molar-refractivity contribution is -0.140. The largest absolute Gasteiger partial charge is 0.748 e. The molecule has 0 aliphatic heterocycles. The summed E-state index contributed by atoms with van der Waals surface area (Å²) in [6, 6.07) is 2.69. The Bertz CT molecular complexity index is 882. The number of ether oxygens (including phenoxy) is 2. The molecule has 3 unspecified atom stereocenters. The molecule has 0 N–H and O–H groups in total. The van der Waals surface area contributed by atoms with E-state index in [2.05, 4.69) is 0 Å². The van der Waals surface area contributed by atoms with Crippen LogP contribution in [0.4, 0.5) is 13.2 Å². The van der Waals surface area contributed by atoms with E-state index in [1.165, 1.54) is 0 Å². The third kappa shape index (κ3) is 4.85. The SMILES string of the molecule is CCC1(Oc2cc(C(=O)OCCS(=O)(=O)[O-])ccc2C(F)(F)F)CC2CCC1C2. The molecule has 6 nitrogen and oxygen atoms in total. The number of esters is 1. The zero-order valence-electron chi connectivity index (χ0n) is 15.8. The molecule has 162 valence electrons. The van der Waals surface area contributed by atoms with E-state index in [9.17, 15) is 30.9 Å². The van der Waals surface area contributed by atoms with Gasteiger partial charge in [0.25, 0.3) is 0 Å². The zero-order valence-corrected chi connectivity index (χ0v) is 16.6. The van der Waals surface area contributed by atoms with Gasteiger partial charge in [-0.1, -0.05) is 6.92 Å². The Hall–Kier alpha value is -1.81. The number of alkyl halides is 3. The molecule has 2 bridgehead atoms. The van der Waals surface area contributed by atoms with Gasteiger partial charge in [0.2, 0.25) is 0 Å². The molecule has 2 aliphatic carbocycles. The van der Waals surface area contributed by atoms with Crippen molar-refractivity contribution in [1.29, 1.82) is 0 Å². The van der Waals surface area contributed by atoms with E-state index in [0.717, 1.165) is 37.5 Å². The molecule has 1 aromatic carbocycles. The molecule has 2 fully saturated rings. The van der Waals surface area contributed by atoms with Crippen LogP contribution in [0.2, 0.25) is 0 Å². The number of hydrogen-bond acceptors (Lipinski definition) is 6. The summed E-state index contributed by atoms with van der Waals surface area (Å²) in [7, 11) is -4.57. The fraction of sp³-hybridized carbons (Fsp3) is 0.632. The fourth-order valence-corrected chi connectivity index (χ4v) is 4.82. The van der Waals surface area contributed by atoms with Crippen molar-refractivity contribution in [2.24, 2.45) is 11.8 Å². The standard InChI is InChI=1S/C19H23F3O6S/c1-2-18(11-12-3-5-14(18)9-12)28-16-10-13(4-6-15(16)19(20,21)22)17(23)27-7-8-29(24,25)26/h4,6,10,12,14H,2-3,5,7-9,11H2,1H3,(H,24,25,26)/p-1. The number of halogens is 3. The summed E-state index contributed by atoms with van der Waals surface area (Å²) in [5.74, 6) is -1.75. The average molecular weight is 435 g/mol. The topological polar surface area (TPSA) is 92.7 Å². The van der Waals surface area contributed by atoms with Crippen LogP contribution >= 0.6 is 0 Å². The molecule has 0 spiro atoms. The molecular weight excluding hydrogens is 413 g/mol. The summed E-state index contributed by atoms with van der Waals surface area (Å²) >= 11 is 0. The van der Waals surface area contributed by atoms with Crippen molar-refractivity contribution in [3.05, 3.63) is 29.3 Å². The van der Waals surface area contributed by atoms with Crippen LogP contribution in [0.3, 0.4) is 0 Å². The Kier molecular flexibility index (Phi) is 5.88. The summed E-state index contributed by atoms with van der Waals surface area (Å²) in [4.78, 5) is 12.1. The minimum atomic E-state index is -4.67. The number of carbonyl (C=O) groups is 1. The highest BCUT2D eigenvalue weighted by atomic mass is 32.2. The second kappa shape index (κ2) is 7.79. The van der Waals surface area contributed by atoms with Crippen molar-refractivity contribution >= 4 is 16.1 Å². The van der Waals surface area contributed by atoms with Crippen molar-refractivity contribution in [1.82, 2.24) is 0 Å². The summed E-state index contributed by atoms with van der Waals surface area (Å²) in [5, 5.41) is 0. The van der Waals surface area contributed by atoms with Crippen LogP contribution in [-0.2, 0) is 21.0 Å². The first-order chi connectivity index (χ1) is 13.4. The Morgan fingerprint density at radius 3 is 2.55 bits per heavy atom. The van der Waals surface area contributed by atoms with Crippen molar-refractivity contribution < 1.29 is 40.4 Å². The monoisotopic (exact) mass is 435 g/mol. The second-order valence-electron chi connectivity index (χ2n) is 7.71. The van der Waals surface area contributed by atoms with Crippen molar-refractivity contribution in [3.8, 4) is 5.75 Å². The van der Waals surface area contributed by atoms with Crippen LogP contribution in [0.5, 0.6) is 5.75 Å². The fourth-order valence-electron chi connectivity index (χ4n) is 4.53. The first-order valence-corrected chi connectivity index (χ1v) is 11.0. The molecule has 0 heterocycles. The number of hydrogen-bond donors (Lipinski definition) is 0. The van der Waals surface area contributed by atoms with Gasteiger partial charge in [0.15, 0.2) is 0 Å². The van der Waals surface area contributed by atoms with Gasteiger partial charge in [0.1, 0.15) is 18.0 Å². The molecule has 2 saturated carbocycles. The Morgan fingerprint density at radius 2 is 2.03 bits per heavy atom. The van der Waals surface area contributed by atoms with Gasteiger partial charge in [-0.15, -0.1) is 0 Å².